The van der Waals surface area contributed by atoms with Crippen LogP contribution in [0.4, 0.5) is 5.69 Å². The molecule has 2 aromatic rings. The van der Waals surface area contributed by atoms with E-state index < -0.39 is 0 Å². The monoisotopic (exact) mass is 314 g/mol. The quantitative estimate of drug-likeness (QED) is 0.830. The molecule has 1 aromatic carbocycles. The number of ether oxygens (including phenoxy) is 3. The van der Waals surface area contributed by atoms with Crippen LogP contribution in [0.5, 0.6) is 17.2 Å². The van der Waals surface area contributed by atoms with Crippen LogP contribution < -0.4 is 19.5 Å². The molecule has 0 saturated heterocycles. The van der Waals surface area contributed by atoms with Crippen LogP contribution in [0.2, 0.25) is 0 Å². The predicted octanol–water partition coefficient (Wildman–Crippen LogP) is 2.76. The summed E-state index contributed by atoms with van der Waals surface area (Å²) in [5.41, 5.74) is 1.33. The van der Waals surface area contributed by atoms with Gasteiger partial charge < -0.3 is 19.5 Å². The van der Waals surface area contributed by atoms with E-state index in [-0.39, 0.29) is 5.91 Å². The van der Waals surface area contributed by atoms with E-state index in [1.165, 1.54) is 20.3 Å². The van der Waals surface area contributed by atoms with Gasteiger partial charge in [0.2, 0.25) is 11.7 Å². The molecule has 1 amide bonds. The molecule has 2 rings (SSSR count). The second-order valence-corrected chi connectivity index (χ2v) is 4.49. The lowest BCUT2D eigenvalue weighted by Gasteiger charge is -2.13. The number of nitrogens with one attached hydrogen (secondary N) is 1. The highest BCUT2D eigenvalue weighted by Crippen LogP contribution is 2.40. The van der Waals surface area contributed by atoms with Crippen molar-refractivity contribution in [2.24, 2.45) is 0 Å². The molecule has 1 heterocycles. The summed E-state index contributed by atoms with van der Waals surface area (Å²) < 4.78 is 15.9. The number of pyridine rings is 1. The van der Waals surface area contributed by atoms with Gasteiger partial charge in [-0.15, -0.1) is 0 Å². The highest BCUT2D eigenvalue weighted by molar-refractivity contribution is 6.02. The molecule has 1 N–H and O–H groups in total. The largest absolute Gasteiger partial charge is 0.493 e. The molecule has 6 heteroatoms. The van der Waals surface area contributed by atoms with Crippen molar-refractivity contribution in [1.82, 2.24) is 4.98 Å². The van der Waals surface area contributed by atoms with Gasteiger partial charge in [-0.25, -0.2) is 0 Å². The van der Waals surface area contributed by atoms with Crippen LogP contribution in [0.15, 0.2) is 42.7 Å². The molecule has 0 unspecified atom stereocenters. The zero-order valence-electron chi connectivity index (χ0n) is 13.2. The van der Waals surface area contributed by atoms with Crippen molar-refractivity contribution in [3.8, 4) is 17.2 Å². The average molecular weight is 314 g/mol. The van der Waals surface area contributed by atoms with Crippen molar-refractivity contribution in [2.45, 2.75) is 0 Å². The molecule has 6 nitrogen and oxygen atoms in total. The second-order valence-electron chi connectivity index (χ2n) is 4.49. The molecule has 0 aliphatic rings. The van der Waals surface area contributed by atoms with E-state index in [4.69, 9.17) is 14.2 Å². The Morgan fingerprint density at radius 1 is 1.09 bits per heavy atom. The first-order valence-electron chi connectivity index (χ1n) is 6.87. The molecule has 0 radical (unpaired) electrons. The van der Waals surface area contributed by atoms with Gasteiger partial charge in [-0.05, 0) is 30.3 Å². The van der Waals surface area contributed by atoms with E-state index in [1.807, 2.05) is 0 Å². The smallest absolute Gasteiger partial charge is 0.248 e. The molecule has 0 fully saturated rings. The first-order valence-corrected chi connectivity index (χ1v) is 6.87. The van der Waals surface area contributed by atoms with Crippen molar-refractivity contribution < 1.29 is 19.0 Å². The minimum absolute atomic E-state index is 0.269. The molecule has 0 aliphatic carbocycles. The maximum Gasteiger partial charge on any atom is 0.248 e. The Hall–Kier alpha value is -3.02. The lowest BCUT2D eigenvalue weighted by atomic mass is 10.1. The number of anilines is 1. The van der Waals surface area contributed by atoms with Crippen molar-refractivity contribution >= 4 is 17.7 Å². The number of aromatic nitrogens is 1. The van der Waals surface area contributed by atoms with E-state index in [0.29, 0.717) is 28.5 Å². The number of benzene rings is 1. The predicted molar refractivity (Wildman–Crippen MR) is 88.0 cm³/mol. The maximum atomic E-state index is 11.9. The molecule has 0 aliphatic heterocycles. The number of hydrogen-bond donors (Lipinski definition) is 1. The van der Waals surface area contributed by atoms with Gasteiger partial charge >= 0.3 is 0 Å². The van der Waals surface area contributed by atoms with E-state index in [0.717, 1.165) is 0 Å². The van der Waals surface area contributed by atoms with E-state index >= 15 is 0 Å². The number of methoxy groups -OCH3 is 3. The summed E-state index contributed by atoms with van der Waals surface area (Å²) in [5.74, 6) is 1.26. The Bertz CT molecular complexity index is 699. The Morgan fingerprint density at radius 2 is 1.87 bits per heavy atom. The lowest BCUT2D eigenvalue weighted by molar-refractivity contribution is -0.111. The zero-order valence-corrected chi connectivity index (χ0v) is 13.2. The van der Waals surface area contributed by atoms with Crippen LogP contribution in [-0.4, -0.2) is 32.2 Å². The summed E-state index contributed by atoms with van der Waals surface area (Å²) in [4.78, 5) is 15.9. The molecule has 1 aromatic heterocycles. The van der Waals surface area contributed by atoms with Gasteiger partial charge in [0, 0.05) is 17.8 Å². The Kier molecular flexibility index (Phi) is 5.57. The van der Waals surface area contributed by atoms with Crippen LogP contribution in [0, 0.1) is 0 Å². The van der Waals surface area contributed by atoms with Gasteiger partial charge in [0.05, 0.1) is 33.2 Å². The highest BCUT2D eigenvalue weighted by atomic mass is 16.5. The number of rotatable bonds is 6. The zero-order chi connectivity index (χ0) is 16.7. The molecule has 0 atom stereocenters. The van der Waals surface area contributed by atoms with Crippen LogP contribution in [0.25, 0.3) is 6.08 Å². The van der Waals surface area contributed by atoms with E-state index in [9.17, 15) is 4.79 Å². The van der Waals surface area contributed by atoms with Gasteiger partial charge in [0.25, 0.3) is 0 Å². The number of carbonyl (C=O) groups is 1. The first kappa shape index (κ1) is 16.4. The molecule has 120 valence electrons. The third-order valence-electron chi connectivity index (χ3n) is 3.08. The summed E-state index contributed by atoms with van der Waals surface area (Å²) in [6, 6.07) is 7.04. The molecular weight excluding hydrogens is 296 g/mol. The SMILES string of the molecule is COc1ccc(C=CC(=O)Nc2cccnc2)c(OC)c1OC. The number of amides is 1. The molecule has 0 saturated carbocycles. The summed E-state index contributed by atoms with van der Waals surface area (Å²) >= 11 is 0. The fraction of sp³-hybridized carbons (Fsp3) is 0.176. The molecule has 0 spiro atoms. The molecular formula is C17H18N2O4. The minimum atomic E-state index is -0.269. The molecule has 0 bridgehead atoms. The van der Waals surface area contributed by atoms with E-state index in [1.54, 1.807) is 49.8 Å². The van der Waals surface area contributed by atoms with Crippen molar-refractivity contribution in [2.75, 3.05) is 26.6 Å². The number of nitrogens with zero attached hydrogens (tertiary/aromatic N) is 1. The first-order chi connectivity index (χ1) is 11.2. The topological polar surface area (TPSA) is 69.7 Å². The Morgan fingerprint density at radius 3 is 2.48 bits per heavy atom. The standard InChI is InChI=1S/C17H18N2O4/c1-21-14-8-6-12(16(22-2)17(14)23-3)7-9-15(20)19-13-5-4-10-18-11-13/h4-11H,1-3H3,(H,19,20). The Labute approximate surface area is 134 Å². The summed E-state index contributed by atoms with van der Waals surface area (Å²) in [6.45, 7) is 0. The third kappa shape index (κ3) is 4.00. The van der Waals surface area contributed by atoms with Crippen molar-refractivity contribution in [1.29, 1.82) is 0 Å². The van der Waals surface area contributed by atoms with Crippen LogP contribution in [-0.2, 0) is 4.79 Å². The average Bonchev–Trinajstić information content (AvgIpc) is 2.59. The van der Waals surface area contributed by atoms with Gasteiger partial charge in [-0.3, -0.25) is 9.78 Å². The number of hydrogen-bond acceptors (Lipinski definition) is 5. The third-order valence-corrected chi connectivity index (χ3v) is 3.08. The van der Waals surface area contributed by atoms with Gasteiger partial charge in [-0.2, -0.15) is 0 Å². The fourth-order valence-corrected chi connectivity index (χ4v) is 2.04. The van der Waals surface area contributed by atoms with Crippen LogP contribution in [0.1, 0.15) is 5.56 Å². The maximum absolute atomic E-state index is 11.9. The van der Waals surface area contributed by atoms with Gasteiger partial charge in [-0.1, -0.05) is 0 Å². The van der Waals surface area contributed by atoms with Crippen molar-refractivity contribution in [3.05, 3.63) is 48.3 Å². The minimum Gasteiger partial charge on any atom is -0.493 e. The van der Waals surface area contributed by atoms with Gasteiger partial charge in [0.15, 0.2) is 11.5 Å². The van der Waals surface area contributed by atoms with Crippen molar-refractivity contribution in [3.63, 3.8) is 0 Å². The Balaban J connectivity index is 2.20. The van der Waals surface area contributed by atoms with Gasteiger partial charge in [0.1, 0.15) is 0 Å². The lowest BCUT2D eigenvalue weighted by Crippen LogP contribution is -2.07. The summed E-state index contributed by atoms with van der Waals surface area (Å²) in [6.07, 6.45) is 6.27. The highest BCUT2D eigenvalue weighted by Gasteiger charge is 2.14. The summed E-state index contributed by atoms with van der Waals surface area (Å²) in [5, 5.41) is 2.72. The summed E-state index contributed by atoms with van der Waals surface area (Å²) in [7, 11) is 4.61. The van der Waals surface area contributed by atoms with E-state index in [2.05, 4.69) is 10.3 Å². The fourth-order valence-electron chi connectivity index (χ4n) is 2.04. The second kappa shape index (κ2) is 7.84. The number of carbonyl (C=O) groups excluding carboxylic acids is 1. The molecule has 23 heavy (non-hydrogen) atoms. The van der Waals surface area contributed by atoms with Crippen LogP contribution >= 0.6 is 0 Å². The normalized spacial score (nSPS) is 10.4. The van der Waals surface area contributed by atoms with Crippen LogP contribution in [0.3, 0.4) is 0 Å².